The molecule has 0 saturated carbocycles. The first-order valence-electron chi connectivity index (χ1n) is 6.44. The lowest BCUT2D eigenvalue weighted by Gasteiger charge is -2.44. The fourth-order valence-corrected chi connectivity index (χ4v) is 2.40. The van der Waals surface area contributed by atoms with Crippen molar-refractivity contribution in [3.05, 3.63) is 12.2 Å². The highest BCUT2D eigenvalue weighted by atomic mass is 16.5. The second-order valence-corrected chi connectivity index (χ2v) is 4.70. The fourth-order valence-electron chi connectivity index (χ4n) is 2.40. The maximum atomic E-state index is 9.55. The number of nitrogens with zero attached hydrogens (tertiary/aromatic N) is 1. The number of hydrogen-bond acceptors (Lipinski definition) is 4. The van der Waals surface area contributed by atoms with Crippen molar-refractivity contribution in [1.29, 1.82) is 0 Å². The fraction of sp³-hybridized carbons (Fsp3) is 0.571. The van der Waals surface area contributed by atoms with Crippen LogP contribution in [-0.2, 0) is 14.3 Å². The summed E-state index contributed by atoms with van der Waals surface area (Å²) in [6, 6.07) is 0. The van der Waals surface area contributed by atoms with Crippen molar-refractivity contribution in [3.8, 4) is 12.3 Å². The Morgan fingerprint density at radius 3 is 2.15 bits per heavy atom. The summed E-state index contributed by atoms with van der Waals surface area (Å²) in [5.74, 6) is 0.801. The van der Waals surface area contributed by atoms with E-state index in [1.54, 1.807) is 0 Å². The Morgan fingerprint density at radius 1 is 1.25 bits per heavy atom. The lowest BCUT2D eigenvalue weighted by atomic mass is 9.86. The van der Waals surface area contributed by atoms with Crippen LogP contribution in [0.3, 0.4) is 0 Å². The zero-order valence-electron chi connectivity index (χ0n) is 11.2. The third-order valence-corrected chi connectivity index (χ3v) is 3.35. The molecular formula is C14H19NO5. The molecule has 3 aliphatic rings. The number of carboxylic acids is 2. The Bertz CT molecular complexity index is 388. The van der Waals surface area contributed by atoms with Gasteiger partial charge in [-0.1, -0.05) is 5.92 Å². The molecule has 3 heterocycles. The van der Waals surface area contributed by atoms with Gasteiger partial charge >= 0.3 is 11.9 Å². The highest BCUT2D eigenvalue weighted by molar-refractivity contribution is 5.89. The SMILES string of the molecule is C#CCOC1CN2CCC1CC2.O=C(O)C=CC(=O)O. The summed E-state index contributed by atoms with van der Waals surface area (Å²) in [5, 5.41) is 15.6. The Morgan fingerprint density at radius 2 is 1.80 bits per heavy atom. The molecule has 6 heteroatoms. The molecule has 0 aliphatic carbocycles. The molecule has 2 bridgehead atoms. The van der Waals surface area contributed by atoms with Gasteiger partial charge in [0.05, 0.1) is 6.10 Å². The van der Waals surface area contributed by atoms with Crippen LogP contribution >= 0.6 is 0 Å². The van der Waals surface area contributed by atoms with E-state index in [0.29, 0.717) is 24.9 Å². The zero-order chi connectivity index (χ0) is 15.0. The van der Waals surface area contributed by atoms with Gasteiger partial charge in [0, 0.05) is 18.7 Å². The molecule has 0 aromatic heterocycles. The zero-order valence-corrected chi connectivity index (χ0v) is 11.2. The number of piperidine rings is 3. The van der Waals surface area contributed by atoms with Crippen LogP contribution in [0.1, 0.15) is 12.8 Å². The Balaban J connectivity index is 0.000000221. The van der Waals surface area contributed by atoms with Crippen molar-refractivity contribution < 1.29 is 24.5 Å². The number of terminal acetylenes is 1. The lowest BCUT2D eigenvalue weighted by Crippen LogP contribution is -2.51. The average Bonchev–Trinajstić information content (AvgIpc) is 2.45. The molecule has 3 saturated heterocycles. The molecule has 0 amide bonds. The molecule has 3 rings (SSSR count). The molecule has 0 radical (unpaired) electrons. The third-order valence-electron chi connectivity index (χ3n) is 3.35. The minimum Gasteiger partial charge on any atom is -0.478 e. The van der Waals surface area contributed by atoms with Gasteiger partial charge in [-0.2, -0.15) is 0 Å². The molecule has 6 nitrogen and oxygen atoms in total. The number of hydrogen-bond donors (Lipinski definition) is 2. The van der Waals surface area contributed by atoms with Crippen LogP contribution < -0.4 is 0 Å². The van der Waals surface area contributed by atoms with Crippen molar-refractivity contribution in [3.63, 3.8) is 0 Å². The number of rotatable bonds is 4. The number of fused-ring (bicyclic) bond motifs is 3. The van der Waals surface area contributed by atoms with Gasteiger partial charge in [-0.3, -0.25) is 0 Å². The van der Waals surface area contributed by atoms with E-state index in [2.05, 4.69) is 10.8 Å². The Labute approximate surface area is 118 Å². The Kier molecular flexibility index (Phi) is 6.77. The summed E-state index contributed by atoms with van der Waals surface area (Å²) in [7, 11) is 0. The van der Waals surface area contributed by atoms with E-state index < -0.39 is 11.9 Å². The Hall–Kier alpha value is -1.84. The standard InChI is InChI=1S/C10H15NO.C4H4O4/c1-2-7-12-10-8-11-5-3-9(10)4-6-11;5-3(6)1-2-4(7)8/h1,9-10H,3-8H2;1-2H,(H,5,6)(H,7,8). The van der Waals surface area contributed by atoms with E-state index in [-0.39, 0.29) is 0 Å². The predicted molar refractivity (Wildman–Crippen MR) is 72.1 cm³/mol. The van der Waals surface area contributed by atoms with Crippen molar-refractivity contribution in [2.75, 3.05) is 26.2 Å². The monoisotopic (exact) mass is 281 g/mol. The van der Waals surface area contributed by atoms with Gasteiger partial charge < -0.3 is 19.8 Å². The van der Waals surface area contributed by atoms with Crippen LogP contribution in [-0.4, -0.2) is 59.4 Å². The summed E-state index contributed by atoms with van der Waals surface area (Å²) >= 11 is 0. The molecule has 20 heavy (non-hydrogen) atoms. The highest BCUT2D eigenvalue weighted by Crippen LogP contribution is 2.29. The first kappa shape index (κ1) is 16.2. The van der Waals surface area contributed by atoms with E-state index >= 15 is 0 Å². The molecule has 2 N–H and O–H groups in total. The average molecular weight is 281 g/mol. The molecule has 110 valence electrons. The van der Waals surface area contributed by atoms with E-state index in [1.807, 2.05) is 0 Å². The second kappa shape index (κ2) is 8.35. The number of carbonyl (C=O) groups is 2. The molecule has 1 unspecified atom stereocenters. The van der Waals surface area contributed by atoms with E-state index in [1.165, 1.54) is 25.9 Å². The summed E-state index contributed by atoms with van der Waals surface area (Å²) < 4.78 is 5.59. The topological polar surface area (TPSA) is 87.1 Å². The first-order chi connectivity index (χ1) is 9.52. The minimum atomic E-state index is -1.26. The van der Waals surface area contributed by atoms with Gasteiger partial charge in [0.25, 0.3) is 0 Å². The van der Waals surface area contributed by atoms with Gasteiger partial charge in [0.15, 0.2) is 0 Å². The summed E-state index contributed by atoms with van der Waals surface area (Å²) in [4.78, 5) is 21.6. The van der Waals surface area contributed by atoms with E-state index in [9.17, 15) is 9.59 Å². The van der Waals surface area contributed by atoms with Crippen molar-refractivity contribution in [1.82, 2.24) is 4.90 Å². The van der Waals surface area contributed by atoms with Crippen LogP contribution in [0.5, 0.6) is 0 Å². The molecule has 1 atom stereocenters. The van der Waals surface area contributed by atoms with Gasteiger partial charge in [-0.05, 0) is 31.8 Å². The van der Waals surface area contributed by atoms with Crippen LogP contribution in [0.4, 0.5) is 0 Å². The van der Waals surface area contributed by atoms with Gasteiger partial charge in [0.2, 0.25) is 0 Å². The molecular weight excluding hydrogens is 262 g/mol. The lowest BCUT2D eigenvalue weighted by molar-refractivity contribution is -0.134. The van der Waals surface area contributed by atoms with Gasteiger partial charge in [-0.25, -0.2) is 9.59 Å². The molecule has 0 aromatic carbocycles. The smallest absolute Gasteiger partial charge is 0.328 e. The second-order valence-electron chi connectivity index (χ2n) is 4.70. The highest BCUT2D eigenvalue weighted by Gasteiger charge is 2.34. The van der Waals surface area contributed by atoms with Crippen molar-refractivity contribution in [2.45, 2.75) is 18.9 Å². The molecule has 3 aliphatic heterocycles. The number of aliphatic carboxylic acids is 2. The largest absolute Gasteiger partial charge is 0.478 e. The van der Waals surface area contributed by atoms with E-state index in [4.69, 9.17) is 21.4 Å². The van der Waals surface area contributed by atoms with Gasteiger partial charge in [-0.15, -0.1) is 6.42 Å². The molecule has 0 aromatic rings. The van der Waals surface area contributed by atoms with E-state index in [0.717, 1.165) is 12.5 Å². The van der Waals surface area contributed by atoms with Crippen LogP contribution in [0.15, 0.2) is 12.2 Å². The predicted octanol–water partition coefficient (Wildman–Crippen LogP) is 0.442. The van der Waals surface area contributed by atoms with Crippen molar-refractivity contribution in [2.24, 2.45) is 5.92 Å². The van der Waals surface area contributed by atoms with Crippen LogP contribution in [0, 0.1) is 18.3 Å². The maximum absolute atomic E-state index is 9.55. The van der Waals surface area contributed by atoms with Gasteiger partial charge in [0.1, 0.15) is 6.61 Å². The third kappa shape index (κ3) is 5.87. The number of carboxylic acid groups (broad SMARTS) is 2. The van der Waals surface area contributed by atoms with Crippen LogP contribution in [0.2, 0.25) is 0 Å². The maximum Gasteiger partial charge on any atom is 0.328 e. The summed E-state index contributed by atoms with van der Waals surface area (Å²) in [6.45, 7) is 4.11. The molecule has 0 spiro atoms. The quantitative estimate of drug-likeness (QED) is 0.574. The summed E-state index contributed by atoms with van der Waals surface area (Å²) in [6.07, 6.45) is 9.29. The van der Waals surface area contributed by atoms with Crippen LogP contribution in [0.25, 0.3) is 0 Å². The molecule has 3 fully saturated rings. The minimum absolute atomic E-state index is 0.420. The number of ether oxygens (including phenoxy) is 1. The normalized spacial score (nSPS) is 27.4. The summed E-state index contributed by atoms with van der Waals surface area (Å²) in [5.41, 5.74) is 0. The first-order valence-corrected chi connectivity index (χ1v) is 6.44. The van der Waals surface area contributed by atoms with Crippen molar-refractivity contribution >= 4 is 11.9 Å².